The van der Waals surface area contributed by atoms with Crippen molar-refractivity contribution in [1.82, 2.24) is 9.88 Å². The zero-order chi connectivity index (χ0) is 22.5. The van der Waals surface area contributed by atoms with Crippen LogP contribution in [0.5, 0.6) is 5.75 Å². The van der Waals surface area contributed by atoms with Gasteiger partial charge in [0.15, 0.2) is 0 Å². The summed E-state index contributed by atoms with van der Waals surface area (Å²) in [4.78, 5) is 19.6. The minimum absolute atomic E-state index is 0.149. The zero-order valence-electron chi connectivity index (χ0n) is 18.1. The van der Waals surface area contributed by atoms with E-state index in [1.165, 1.54) is 11.8 Å². The van der Waals surface area contributed by atoms with Gasteiger partial charge in [-0.1, -0.05) is 42.1 Å². The number of likely N-dealkylation sites (N-methyl/N-ethyl adjacent to an activating group) is 1. The summed E-state index contributed by atoms with van der Waals surface area (Å²) in [5.41, 5.74) is 5.29. The van der Waals surface area contributed by atoms with E-state index >= 15 is 0 Å². The number of methoxy groups -OCH3 is 1. The third kappa shape index (κ3) is 4.77. The Hall–Kier alpha value is -3.34. The first-order valence-corrected chi connectivity index (χ1v) is 11.3. The van der Waals surface area contributed by atoms with E-state index in [1.807, 2.05) is 30.3 Å². The summed E-state index contributed by atoms with van der Waals surface area (Å²) in [6, 6.07) is 19.5. The Morgan fingerprint density at radius 3 is 2.66 bits per heavy atom. The van der Waals surface area contributed by atoms with Crippen LogP contribution in [0.3, 0.4) is 0 Å². The fourth-order valence-corrected chi connectivity index (χ4v) is 4.61. The SMILES string of the molecule is COc1ccc(NC(=O)CSc2nc3c(c(-c4ccccc4)c2C#N)CN(C)CC3)cc1. The third-order valence-corrected chi connectivity index (χ3v) is 6.37. The van der Waals surface area contributed by atoms with Gasteiger partial charge in [-0.15, -0.1) is 0 Å². The standard InChI is InChI=1S/C25H24N4O2S/c1-29-13-12-22-21(15-29)24(17-6-4-3-5-7-17)20(14-26)25(28-22)32-16-23(30)27-18-8-10-19(31-2)11-9-18/h3-11H,12-13,15-16H2,1-2H3,(H,27,30). The predicted molar refractivity (Wildman–Crippen MR) is 127 cm³/mol. The van der Waals surface area contributed by atoms with Gasteiger partial charge in [-0.2, -0.15) is 5.26 Å². The fourth-order valence-electron chi connectivity index (χ4n) is 3.81. The number of thioether (sulfide) groups is 1. The highest BCUT2D eigenvalue weighted by atomic mass is 32.2. The highest BCUT2D eigenvalue weighted by Gasteiger charge is 2.25. The van der Waals surface area contributed by atoms with Crippen LogP contribution in [0.15, 0.2) is 59.6 Å². The molecule has 7 heteroatoms. The van der Waals surface area contributed by atoms with Gasteiger partial charge in [-0.05, 0) is 42.4 Å². The van der Waals surface area contributed by atoms with E-state index in [2.05, 4.69) is 23.3 Å². The van der Waals surface area contributed by atoms with Crippen LogP contribution >= 0.6 is 11.8 Å². The first-order valence-electron chi connectivity index (χ1n) is 10.4. The van der Waals surface area contributed by atoms with Gasteiger partial charge >= 0.3 is 0 Å². The second-order valence-electron chi connectivity index (χ2n) is 7.62. The van der Waals surface area contributed by atoms with Crippen LogP contribution in [0.4, 0.5) is 5.69 Å². The number of ether oxygens (including phenoxy) is 1. The molecule has 0 saturated heterocycles. The largest absolute Gasteiger partial charge is 0.497 e. The predicted octanol–water partition coefficient (Wildman–Crippen LogP) is 4.35. The number of anilines is 1. The summed E-state index contributed by atoms with van der Waals surface area (Å²) in [6.45, 7) is 1.67. The van der Waals surface area contributed by atoms with Crippen LogP contribution in [0.25, 0.3) is 11.1 Å². The van der Waals surface area contributed by atoms with Crippen molar-refractivity contribution in [3.05, 3.63) is 71.4 Å². The number of hydrogen-bond acceptors (Lipinski definition) is 6. The van der Waals surface area contributed by atoms with Crippen molar-refractivity contribution in [2.24, 2.45) is 0 Å². The van der Waals surface area contributed by atoms with Gasteiger partial charge in [-0.25, -0.2) is 4.98 Å². The molecule has 32 heavy (non-hydrogen) atoms. The molecule has 0 unspecified atom stereocenters. The average Bonchev–Trinajstić information content (AvgIpc) is 2.82. The molecule has 162 valence electrons. The van der Waals surface area contributed by atoms with Gasteiger partial charge in [0, 0.05) is 36.5 Å². The molecule has 0 saturated carbocycles. The van der Waals surface area contributed by atoms with Crippen molar-refractivity contribution >= 4 is 23.4 Å². The van der Waals surface area contributed by atoms with E-state index in [1.54, 1.807) is 31.4 Å². The lowest BCUT2D eigenvalue weighted by Gasteiger charge is -2.28. The topological polar surface area (TPSA) is 78.2 Å². The van der Waals surface area contributed by atoms with Gasteiger partial charge in [-0.3, -0.25) is 4.79 Å². The average molecular weight is 445 g/mol. The van der Waals surface area contributed by atoms with Crippen molar-refractivity contribution in [2.45, 2.75) is 18.0 Å². The second-order valence-corrected chi connectivity index (χ2v) is 8.59. The number of hydrogen-bond donors (Lipinski definition) is 1. The van der Waals surface area contributed by atoms with Crippen LogP contribution in [-0.4, -0.2) is 42.2 Å². The summed E-state index contributed by atoms with van der Waals surface area (Å²) >= 11 is 1.31. The highest BCUT2D eigenvalue weighted by Crippen LogP contribution is 2.37. The Kier molecular flexibility index (Phi) is 6.74. The Morgan fingerprint density at radius 2 is 1.97 bits per heavy atom. The van der Waals surface area contributed by atoms with E-state index in [0.29, 0.717) is 16.3 Å². The molecule has 4 rings (SSSR count). The molecule has 0 bridgehead atoms. The van der Waals surface area contributed by atoms with Crippen molar-refractivity contribution in [3.63, 3.8) is 0 Å². The lowest BCUT2D eigenvalue weighted by molar-refractivity contribution is -0.113. The van der Waals surface area contributed by atoms with Gasteiger partial charge in [0.1, 0.15) is 16.8 Å². The molecule has 0 atom stereocenters. The van der Waals surface area contributed by atoms with Crippen LogP contribution in [0.2, 0.25) is 0 Å². The van der Waals surface area contributed by atoms with Crippen LogP contribution in [0, 0.1) is 11.3 Å². The molecule has 1 aliphatic heterocycles. The van der Waals surface area contributed by atoms with Crippen LogP contribution in [-0.2, 0) is 17.8 Å². The molecule has 1 aromatic heterocycles. The minimum Gasteiger partial charge on any atom is -0.497 e. The number of amides is 1. The molecule has 2 aromatic carbocycles. The normalized spacial score (nSPS) is 13.2. The minimum atomic E-state index is -0.149. The van der Waals surface area contributed by atoms with Crippen molar-refractivity contribution < 1.29 is 9.53 Å². The van der Waals surface area contributed by atoms with E-state index in [0.717, 1.165) is 47.6 Å². The molecule has 0 fully saturated rings. The number of fused-ring (bicyclic) bond motifs is 1. The molecule has 1 N–H and O–H groups in total. The van der Waals surface area contributed by atoms with Gasteiger partial charge < -0.3 is 15.0 Å². The quantitative estimate of drug-likeness (QED) is 0.570. The molecular weight excluding hydrogens is 420 g/mol. The van der Waals surface area contributed by atoms with Crippen LogP contribution < -0.4 is 10.1 Å². The Balaban J connectivity index is 1.61. The number of rotatable bonds is 6. The second kappa shape index (κ2) is 9.86. The maximum Gasteiger partial charge on any atom is 0.234 e. The number of carbonyl (C=O) groups excluding carboxylic acids is 1. The highest BCUT2D eigenvalue weighted by molar-refractivity contribution is 8.00. The van der Waals surface area contributed by atoms with Crippen molar-refractivity contribution in [1.29, 1.82) is 5.26 Å². The Morgan fingerprint density at radius 1 is 1.22 bits per heavy atom. The fraction of sp³-hybridized carbons (Fsp3) is 0.240. The summed E-state index contributed by atoms with van der Waals surface area (Å²) in [7, 11) is 3.68. The zero-order valence-corrected chi connectivity index (χ0v) is 18.9. The molecule has 1 amide bonds. The monoisotopic (exact) mass is 444 g/mol. The number of nitrogens with zero attached hydrogens (tertiary/aromatic N) is 3. The Bertz CT molecular complexity index is 1160. The van der Waals surface area contributed by atoms with Gasteiger partial charge in [0.05, 0.1) is 18.4 Å². The number of aromatic nitrogens is 1. The van der Waals surface area contributed by atoms with Crippen LogP contribution in [0.1, 0.15) is 16.8 Å². The van der Waals surface area contributed by atoms with E-state index < -0.39 is 0 Å². The smallest absolute Gasteiger partial charge is 0.234 e. The number of benzene rings is 2. The summed E-state index contributed by atoms with van der Waals surface area (Å²) in [6.07, 6.45) is 0.822. The first kappa shape index (κ1) is 21.9. The molecule has 1 aliphatic rings. The lowest BCUT2D eigenvalue weighted by Crippen LogP contribution is -2.28. The summed E-state index contributed by atoms with van der Waals surface area (Å²) < 4.78 is 5.15. The number of carbonyl (C=O) groups is 1. The molecule has 2 heterocycles. The maximum absolute atomic E-state index is 12.5. The summed E-state index contributed by atoms with van der Waals surface area (Å²) in [5.74, 6) is 0.749. The maximum atomic E-state index is 12.5. The number of nitrogens with one attached hydrogen (secondary N) is 1. The van der Waals surface area contributed by atoms with Crippen molar-refractivity contribution in [2.75, 3.05) is 31.8 Å². The van der Waals surface area contributed by atoms with E-state index in [4.69, 9.17) is 9.72 Å². The van der Waals surface area contributed by atoms with Crippen molar-refractivity contribution in [3.8, 4) is 22.9 Å². The Labute approximate surface area is 192 Å². The number of pyridine rings is 1. The molecule has 3 aromatic rings. The van der Waals surface area contributed by atoms with E-state index in [-0.39, 0.29) is 11.7 Å². The molecule has 0 spiro atoms. The third-order valence-electron chi connectivity index (χ3n) is 5.40. The molecule has 6 nitrogen and oxygen atoms in total. The summed E-state index contributed by atoms with van der Waals surface area (Å²) in [5, 5.41) is 13.5. The lowest BCUT2D eigenvalue weighted by atomic mass is 9.92. The van der Waals surface area contributed by atoms with E-state index in [9.17, 15) is 10.1 Å². The van der Waals surface area contributed by atoms with Gasteiger partial charge in [0.25, 0.3) is 0 Å². The molecule has 0 aliphatic carbocycles. The molecular formula is C25H24N4O2S. The first-order chi connectivity index (χ1) is 15.6. The molecule has 0 radical (unpaired) electrons. The van der Waals surface area contributed by atoms with Gasteiger partial charge in [0.2, 0.25) is 5.91 Å². The number of nitriles is 1.